The highest BCUT2D eigenvalue weighted by Gasteiger charge is 2.46. The first kappa shape index (κ1) is 28.7. The molecule has 4 rings (SSSR count). The first-order valence-electron chi connectivity index (χ1n) is 14.1. The van der Waals surface area contributed by atoms with Crippen LogP contribution in [0.1, 0.15) is 69.8 Å². The summed E-state index contributed by atoms with van der Waals surface area (Å²) in [5, 5.41) is 10.3. The van der Waals surface area contributed by atoms with Crippen LogP contribution in [0.25, 0.3) is 0 Å². The maximum atomic E-state index is 13.4. The van der Waals surface area contributed by atoms with Crippen molar-refractivity contribution in [3.63, 3.8) is 0 Å². The maximum absolute atomic E-state index is 13.4. The van der Waals surface area contributed by atoms with E-state index in [1.807, 2.05) is 6.92 Å². The van der Waals surface area contributed by atoms with Crippen molar-refractivity contribution in [3.8, 4) is 0 Å². The van der Waals surface area contributed by atoms with Gasteiger partial charge in [0.1, 0.15) is 0 Å². The zero-order valence-corrected chi connectivity index (χ0v) is 23.1. The highest BCUT2D eigenvalue weighted by atomic mass is 19.2. The summed E-state index contributed by atoms with van der Waals surface area (Å²) < 4.78 is 32.2. The Morgan fingerprint density at radius 1 is 1.05 bits per heavy atom. The van der Waals surface area contributed by atoms with Crippen LogP contribution in [0.15, 0.2) is 72.2 Å². The molecule has 0 bridgehead atoms. The molecule has 0 aromatic heterocycles. The number of hydrogen-bond acceptors (Lipinski definition) is 5. The minimum atomic E-state index is -0.874. The van der Waals surface area contributed by atoms with Gasteiger partial charge in [-0.1, -0.05) is 25.3 Å². The third kappa shape index (κ3) is 7.61. The molecule has 5 nitrogen and oxygen atoms in total. The minimum absolute atomic E-state index is 0.188. The quantitative estimate of drug-likeness (QED) is 0.130. The van der Waals surface area contributed by atoms with Crippen molar-refractivity contribution >= 4 is 18.1 Å². The number of hydrogen-bond donors (Lipinski definition) is 3. The molecule has 0 amide bonds. The smallest absolute Gasteiger partial charge is 0.160 e. The van der Waals surface area contributed by atoms with Gasteiger partial charge in [0.2, 0.25) is 0 Å². The molecule has 2 saturated carbocycles. The monoisotopic (exact) mass is 536 g/mol. The summed E-state index contributed by atoms with van der Waals surface area (Å²) >= 11 is 0. The average Bonchev–Trinajstić information content (AvgIpc) is 2.90. The average molecular weight is 537 g/mol. The molecule has 2 aliphatic rings. The minimum Gasteiger partial charge on any atom is -0.499 e. The standard InChI is InChI=1S/C32H42F2N4O/c1-5-39-22(2)18-24-20-32(21-24)15-12-26(13-16-32)25-6-8-27(9-7-25)37-23(3)31(38-35-4)14-17-36-28-10-11-29(33)30(34)19-28/h6-11,19,24,26,31,36-38H,2-5,12-18,20-21H2,1H3. The van der Waals surface area contributed by atoms with Gasteiger partial charge in [-0.3, -0.25) is 0 Å². The van der Waals surface area contributed by atoms with E-state index in [9.17, 15) is 8.78 Å². The Labute approximate surface area is 231 Å². The Morgan fingerprint density at radius 3 is 2.38 bits per heavy atom. The highest BCUT2D eigenvalue weighted by molar-refractivity contribution is 5.50. The number of rotatable bonds is 14. The van der Waals surface area contributed by atoms with Crippen LogP contribution in [0.3, 0.4) is 0 Å². The van der Waals surface area contributed by atoms with E-state index in [0.717, 1.165) is 41.6 Å². The molecule has 1 atom stereocenters. The molecule has 0 radical (unpaired) electrons. The van der Waals surface area contributed by atoms with Crippen molar-refractivity contribution in [1.82, 2.24) is 5.43 Å². The topological polar surface area (TPSA) is 57.7 Å². The molecular formula is C32H42F2N4O. The second-order valence-electron chi connectivity index (χ2n) is 11.2. The van der Waals surface area contributed by atoms with Gasteiger partial charge in [0, 0.05) is 36.8 Å². The van der Waals surface area contributed by atoms with Gasteiger partial charge in [0.25, 0.3) is 0 Å². The van der Waals surface area contributed by atoms with Gasteiger partial charge in [-0.25, -0.2) is 8.78 Å². The molecule has 2 aromatic carbocycles. The summed E-state index contributed by atoms with van der Waals surface area (Å²) in [5.74, 6) is 0.576. The lowest BCUT2D eigenvalue weighted by Crippen LogP contribution is -2.40. The Balaban J connectivity index is 1.22. The summed E-state index contributed by atoms with van der Waals surface area (Å²) in [6.45, 7) is 15.0. The van der Waals surface area contributed by atoms with Crippen molar-refractivity contribution in [1.29, 1.82) is 0 Å². The second kappa shape index (κ2) is 13.1. The lowest BCUT2D eigenvalue weighted by molar-refractivity contribution is 0.00302. The summed E-state index contributed by atoms with van der Waals surface area (Å²) in [6, 6.07) is 12.3. The molecule has 2 fully saturated rings. The van der Waals surface area contributed by atoms with Crippen LogP contribution in [0, 0.1) is 23.0 Å². The number of anilines is 2. The molecular weight excluding hydrogens is 494 g/mol. The number of allylic oxidation sites excluding steroid dienone is 1. The Hall–Kier alpha value is -3.35. The van der Waals surface area contributed by atoms with Gasteiger partial charge < -0.3 is 20.8 Å². The first-order chi connectivity index (χ1) is 18.8. The number of nitrogens with zero attached hydrogens (tertiary/aromatic N) is 1. The molecule has 2 aromatic rings. The number of hydrazone groups is 1. The van der Waals surface area contributed by atoms with E-state index >= 15 is 0 Å². The molecule has 39 heavy (non-hydrogen) atoms. The van der Waals surface area contributed by atoms with Gasteiger partial charge in [-0.05, 0) is 105 Å². The van der Waals surface area contributed by atoms with Crippen LogP contribution >= 0.6 is 0 Å². The molecule has 0 saturated heterocycles. The van der Waals surface area contributed by atoms with Crippen molar-refractivity contribution < 1.29 is 13.5 Å². The number of nitrogens with one attached hydrogen (secondary N) is 3. The van der Waals surface area contributed by atoms with Crippen LogP contribution in [-0.4, -0.2) is 25.9 Å². The molecule has 0 aliphatic heterocycles. The SMILES string of the molecule is C=NNC(CCNc1ccc(F)c(F)c1)C(=C)Nc1ccc(C2CCC3(CC2)CC(CC(=C)OCC)C3)cc1. The van der Waals surface area contributed by atoms with Crippen molar-refractivity contribution in [3.05, 3.63) is 84.3 Å². The normalized spacial score (nSPS) is 22.8. The zero-order valence-electron chi connectivity index (χ0n) is 23.1. The highest BCUT2D eigenvalue weighted by Crippen LogP contribution is 2.58. The number of ether oxygens (including phenoxy) is 1. The van der Waals surface area contributed by atoms with Gasteiger partial charge in [-0.2, -0.15) is 5.10 Å². The van der Waals surface area contributed by atoms with Gasteiger partial charge in [0.05, 0.1) is 18.4 Å². The van der Waals surface area contributed by atoms with E-state index < -0.39 is 11.6 Å². The Kier molecular flexibility index (Phi) is 9.65. The van der Waals surface area contributed by atoms with Crippen molar-refractivity contribution in [2.24, 2.45) is 16.4 Å². The van der Waals surface area contributed by atoms with E-state index in [2.05, 4.69) is 65.3 Å². The fourth-order valence-electron chi connectivity index (χ4n) is 6.37. The van der Waals surface area contributed by atoms with E-state index in [1.54, 1.807) is 0 Å². The number of benzene rings is 2. The van der Waals surface area contributed by atoms with Crippen molar-refractivity contribution in [2.45, 2.75) is 70.3 Å². The number of halogens is 2. The molecule has 3 N–H and O–H groups in total. The maximum Gasteiger partial charge on any atom is 0.160 e. The lowest BCUT2D eigenvalue weighted by atomic mass is 9.53. The third-order valence-electron chi connectivity index (χ3n) is 8.39. The van der Waals surface area contributed by atoms with Crippen LogP contribution in [0.4, 0.5) is 20.2 Å². The summed E-state index contributed by atoms with van der Waals surface area (Å²) in [4.78, 5) is 0. The van der Waals surface area contributed by atoms with Crippen molar-refractivity contribution in [2.75, 3.05) is 23.8 Å². The predicted molar refractivity (Wildman–Crippen MR) is 157 cm³/mol. The van der Waals surface area contributed by atoms with Gasteiger partial charge >= 0.3 is 0 Å². The summed E-state index contributed by atoms with van der Waals surface area (Å²) in [7, 11) is 0. The largest absolute Gasteiger partial charge is 0.499 e. The van der Waals surface area contributed by atoms with Crippen LogP contribution in [-0.2, 0) is 4.74 Å². The first-order valence-corrected chi connectivity index (χ1v) is 14.1. The van der Waals surface area contributed by atoms with E-state index in [-0.39, 0.29) is 6.04 Å². The molecule has 210 valence electrons. The molecule has 7 heteroatoms. The zero-order chi connectivity index (χ0) is 27.8. The lowest BCUT2D eigenvalue weighted by Gasteiger charge is -2.52. The fourth-order valence-corrected chi connectivity index (χ4v) is 6.37. The van der Waals surface area contributed by atoms with Crippen LogP contribution in [0.5, 0.6) is 0 Å². The van der Waals surface area contributed by atoms with E-state index in [1.165, 1.54) is 50.2 Å². The fraction of sp³-hybridized carbons (Fsp3) is 0.469. The van der Waals surface area contributed by atoms with Crippen LogP contribution in [0.2, 0.25) is 0 Å². The molecule has 2 aliphatic carbocycles. The van der Waals surface area contributed by atoms with Gasteiger partial charge in [0.15, 0.2) is 11.6 Å². The van der Waals surface area contributed by atoms with E-state index in [0.29, 0.717) is 36.6 Å². The summed E-state index contributed by atoms with van der Waals surface area (Å²) in [5.41, 5.74) is 7.18. The molecule has 1 unspecified atom stereocenters. The van der Waals surface area contributed by atoms with Crippen LogP contribution < -0.4 is 16.1 Å². The summed E-state index contributed by atoms with van der Waals surface area (Å²) in [6.07, 6.45) is 9.40. The second-order valence-corrected chi connectivity index (χ2v) is 11.2. The van der Waals surface area contributed by atoms with Gasteiger partial charge in [-0.15, -0.1) is 0 Å². The molecule has 1 spiro atoms. The third-order valence-corrected chi connectivity index (χ3v) is 8.39. The van der Waals surface area contributed by atoms with E-state index in [4.69, 9.17) is 4.74 Å². The molecule has 0 heterocycles. The Morgan fingerprint density at radius 2 is 1.74 bits per heavy atom. The Bertz CT molecular complexity index is 1130. The predicted octanol–water partition coefficient (Wildman–Crippen LogP) is 7.96.